The standard InChI is InChI=1S/C38H46Cl2N4O4Si/c1-37(2,3)48-36(45)43-16-14-38(15-17-43,30-12-10-28(11-13-30)29-9-7-8-27(20-29)23-41)25-47-24-35-42-33-21-31(39)32(40)22-34(33)44(35)26-46-18-19-49(4,5)6/h7-13,20-22H,14-19,24-26H2,1-6H3. The van der Waals surface area contributed by atoms with E-state index >= 15 is 0 Å². The molecular weight excluding hydrogens is 675 g/mol. The number of ether oxygens (including phenoxy) is 3. The first-order chi connectivity index (χ1) is 23.2. The number of nitriles is 1. The number of nitrogens with zero attached hydrogens (tertiary/aromatic N) is 4. The molecule has 1 aromatic heterocycles. The molecule has 0 unspecified atom stereocenters. The van der Waals surface area contributed by atoms with Gasteiger partial charge in [0.25, 0.3) is 0 Å². The summed E-state index contributed by atoms with van der Waals surface area (Å²) in [5, 5.41) is 10.3. The van der Waals surface area contributed by atoms with E-state index in [0.29, 0.717) is 61.5 Å². The summed E-state index contributed by atoms with van der Waals surface area (Å²) >= 11 is 12.8. The highest BCUT2D eigenvalue weighted by Gasteiger charge is 2.39. The van der Waals surface area contributed by atoms with Crippen molar-refractivity contribution in [2.45, 2.75) is 83.7 Å². The van der Waals surface area contributed by atoms with Crippen molar-refractivity contribution in [2.24, 2.45) is 0 Å². The molecule has 2 heterocycles. The summed E-state index contributed by atoms with van der Waals surface area (Å²) < 4.78 is 20.4. The van der Waals surface area contributed by atoms with E-state index in [4.69, 9.17) is 42.4 Å². The molecule has 260 valence electrons. The summed E-state index contributed by atoms with van der Waals surface area (Å²) in [6, 6.07) is 23.0. The van der Waals surface area contributed by atoms with E-state index in [9.17, 15) is 10.1 Å². The van der Waals surface area contributed by atoms with Gasteiger partial charge in [0.2, 0.25) is 0 Å². The summed E-state index contributed by atoms with van der Waals surface area (Å²) in [4.78, 5) is 19.6. The normalized spacial score (nSPS) is 15.0. The first-order valence-electron chi connectivity index (χ1n) is 16.8. The average Bonchev–Trinajstić information content (AvgIpc) is 3.37. The predicted octanol–water partition coefficient (Wildman–Crippen LogP) is 9.68. The third-order valence-corrected chi connectivity index (χ3v) is 11.3. The third-order valence-electron chi connectivity index (χ3n) is 8.89. The Morgan fingerprint density at radius 2 is 1.67 bits per heavy atom. The summed E-state index contributed by atoms with van der Waals surface area (Å²) in [6.45, 7) is 15.4. The fourth-order valence-electron chi connectivity index (χ4n) is 6.04. The van der Waals surface area contributed by atoms with Gasteiger partial charge in [0, 0.05) is 33.2 Å². The van der Waals surface area contributed by atoms with Crippen LogP contribution >= 0.6 is 23.2 Å². The number of benzene rings is 3. The van der Waals surface area contributed by atoms with Crippen LogP contribution in [0.3, 0.4) is 0 Å². The Morgan fingerprint density at radius 3 is 2.33 bits per heavy atom. The van der Waals surface area contributed by atoms with Crippen molar-refractivity contribution >= 4 is 48.4 Å². The molecule has 1 aliphatic heterocycles. The molecule has 0 radical (unpaired) electrons. The van der Waals surface area contributed by atoms with Crippen LogP contribution in [0.25, 0.3) is 22.2 Å². The number of fused-ring (bicyclic) bond motifs is 1. The van der Waals surface area contributed by atoms with E-state index < -0.39 is 13.7 Å². The van der Waals surface area contributed by atoms with Crippen LogP contribution in [-0.2, 0) is 33.0 Å². The highest BCUT2D eigenvalue weighted by molar-refractivity contribution is 6.76. The van der Waals surface area contributed by atoms with Crippen LogP contribution in [0.2, 0.25) is 35.7 Å². The van der Waals surface area contributed by atoms with Crippen LogP contribution in [0.1, 0.15) is 50.6 Å². The quantitative estimate of drug-likeness (QED) is 0.113. The third kappa shape index (κ3) is 9.44. The maximum atomic E-state index is 13.0. The molecule has 11 heteroatoms. The van der Waals surface area contributed by atoms with E-state index in [1.54, 1.807) is 17.0 Å². The monoisotopic (exact) mass is 720 g/mol. The van der Waals surface area contributed by atoms with E-state index in [-0.39, 0.29) is 18.1 Å². The lowest BCUT2D eigenvalue weighted by atomic mass is 9.73. The highest BCUT2D eigenvalue weighted by atomic mass is 35.5. The Balaban J connectivity index is 1.38. The maximum Gasteiger partial charge on any atom is 0.410 e. The zero-order valence-electron chi connectivity index (χ0n) is 29.3. The molecule has 0 bridgehead atoms. The molecule has 0 saturated carbocycles. The van der Waals surface area contributed by atoms with Gasteiger partial charge in [0.1, 0.15) is 24.8 Å². The minimum Gasteiger partial charge on any atom is -0.444 e. The number of rotatable bonds is 11. The molecule has 0 atom stereocenters. The van der Waals surface area contributed by atoms with Crippen LogP contribution in [0.15, 0.2) is 60.7 Å². The molecule has 1 fully saturated rings. The van der Waals surface area contributed by atoms with Gasteiger partial charge in [-0.1, -0.05) is 79.2 Å². The molecule has 0 N–H and O–H groups in total. The molecular formula is C38H46Cl2N4O4Si. The molecule has 3 aromatic carbocycles. The van der Waals surface area contributed by atoms with Crippen LogP contribution < -0.4 is 0 Å². The first-order valence-corrected chi connectivity index (χ1v) is 21.2. The van der Waals surface area contributed by atoms with Crippen LogP contribution in [0.5, 0.6) is 0 Å². The van der Waals surface area contributed by atoms with Crippen molar-refractivity contribution < 1.29 is 19.0 Å². The number of halogens is 2. The number of piperidine rings is 1. The van der Waals surface area contributed by atoms with Gasteiger partial charge in [-0.15, -0.1) is 0 Å². The Morgan fingerprint density at radius 1 is 0.980 bits per heavy atom. The van der Waals surface area contributed by atoms with Gasteiger partial charge in [-0.3, -0.25) is 0 Å². The predicted molar refractivity (Wildman–Crippen MR) is 199 cm³/mol. The summed E-state index contributed by atoms with van der Waals surface area (Å²) in [6.07, 6.45) is 1.11. The molecule has 1 amide bonds. The minimum atomic E-state index is -1.25. The fraction of sp³-hybridized carbons (Fsp3) is 0.447. The van der Waals surface area contributed by atoms with Crippen LogP contribution in [0.4, 0.5) is 4.79 Å². The number of hydrogen-bond acceptors (Lipinski definition) is 6. The summed E-state index contributed by atoms with van der Waals surface area (Å²) in [5.74, 6) is 0.732. The SMILES string of the molecule is CC(C)(C)OC(=O)N1CCC(COCc2nc3cc(Cl)c(Cl)cc3n2COCC[Si](C)(C)C)(c2ccc(-c3cccc(C#N)c3)cc2)CC1. The lowest BCUT2D eigenvalue weighted by Gasteiger charge is -2.42. The van der Waals surface area contributed by atoms with Gasteiger partial charge in [-0.2, -0.15) is 5.26 Å². The number of amides is 1. The molecule has 5 rings (SSSR count). The lowest BCUT2D eigenvalue weighted by molar-refractivity contribution is 0.00161. The second kappa shape index (κ2) is 15.2. The average molecular weight is 722 g/mol. The molecule has 0 spiro atoms. The van der Waals surface area contributed by atoms with Gasteiger partial charge in [-0.25, -0.2) is 9.78 Å². The Bertz CT molecular complexity index is 1810. The first kappa shape index (κ1) is 36.9. The van der Waals surface area contributed by atoms with Gasteiger partial charge in [0.05, 0.1) is 39.3 Å². The Kier molecular flexibility index (Phi) is 11.5. The largest absolute Gasteiger partial charge is 0.444 e. The van der Waals surface area contributed by atoms with Gasteiger partial charge >= 0.3 is 6.09 Å². The summed E-state index contributed by atoms with van der Waals surface area (Å²) in [7, 11) is -1.25. The minimum absolute atomic E-state index is 0.262. The number of likely N-dealkylation sites (tertiary alicyclic amines) is 1. The second-order valence-corrected chi connectivity index (χ2v) is 21.5. The molecule has 49 heavy (non-hydrogen) atoms. The van der Waals surface area contributed by atoms with Gasteiger partial charge in [0.15, 0.2) is 0 Å². The summed E-state index contributed by atoms with van der Waals surface area (Å²) in [5.41, 5.74) is 4.45. The van der Waals surface area contributed by atoms with E-state index in [1.807, 2.05) is 49.6 Å². The van der Waals surface area contributed by atoms with Crippen molar-refractivity contribution in [1.82, 2.24) is 14.5 Å². The van der Waals surface area contributed by atoms with Crippen molar-refractivity contribution in [3.8, 4) is 17.2 Å². The van der Waals surface area contributed by atoms with E-state index in [0.717, 1.165) is 39.6 Å². The van der Waals surface area contributed by atoms with Crippen LogP contribution in [-0.4, -0.2) is 60.5 Å². The van der Waals surface area contributed by atoms with Gasteiger partial charge < -0.3 is 23.7 Å². The smallest absolute Gasteiger partial charge is 0.410 e. The molecule has 8 nitrogen and oxygen atoms in total. The van der Waals surface area contributed by atoms with E-state index in [1.165, 1.54) is 0 Å². The van der Waals surface area contributed by atoms with E-state index in [2.05, 4.69) is 50.0 Å². The van der Waals surface area contributed by atoms with Crippen LogP contribution in [0, 0.1) is 11.3 Å². The molecule has 0 aliphatic carbocycles. The fourth-order valence-corrected chi connectivity index (χ4v) is 7.11. The van der Waals surface area contributed by atoms with Gasteiger partial charge in [-0.05, 0) is 80.6 Å². The molecule has 1 aliphatic rings. The number of hydrogen-bond donors (Lipinski definition) is 0. The Labute approximate surface area is 300 Å². The lowest BCUT2D eigenvalue weighted by Crippen LogP contribution is -2.48. The second-order valence-electron chi connectivity index (χ2n) is 15.1. The highest BCUT2D eigenvalue weighted by Crippen LogP contribution is 2.38. The maximum absolute atomic E-state index is 13.0. The topological polar surface area (TPSA) is 89.6 Å². The molecule has 1 saturated heterocycles. The zero-order chi connectivity index (χ0) is 35.4. The Hall–Kier alpha value is -3.39. The number of imidazole rings is 1. The van der Waals surface area contributed by atoms with Crippen molar-refractivity contribution in [3.63, 3.8) is 0 Å². The van der Waals surface area contributed by atoms with Crippen molar-refractivity contribution in [1.29, 1.82) is 5.26 Å². The number of carbonyl (C=O) groups is 1. The zero-order valence-corrected chi connectivity index (χ0v) is 31.8. The molecule has 4 aromatic rings. The number of carbonyl (C=O) groups excluding carboxylic acids is 1. The van der Waals surface area contributed by atoms with Crippen molar-refractivity contribution in [2.75, 3.05) is 26.3 Å². The number of aromatic nitrogens is 2. The van der Waals surface area contributed by atoms with Crippen molar-refractivity contribution in [3.05, 3.63) is 87.7 Å².